The van der Waals surface area contributed by atoms with Gasteiger partial charge in [0.1, 0.15) is 18.1 Å². The van der Waals surface area contributed by atoms with Gasteiger partial charge in [0.05, 0.1) is 6.04 Å². The van der Waals surface area contributed by atoms with Crippen LogP contribution >= 0.6 is 0 Å². The van der Waals surface area contributed by atoms with Crippen LogP contribution < -0.4 is 10.2 Å². The molecule has 0 spiro atoms. The second kappa shape index (κ2) is 11.6. The third kappa shape index (κ3) is 5.35. The van der Waals surface area contributed by atoms with E-state index >= 15 is 0 Å². The van der Waals surface area contributed by atoms with Crippen LogP contribution in [0.1, 0.15) is 60.0 Å². The van der Waals surface area contributed by atoms with Gasteiger partial charge in [-0.2, -0.15) is 4.98 Å². The van der Waals surface area contributed by atoms with Gasteiger partial charge in [-0.05, 0) is 66.3 Å². The number of carbonyl (C=O) groups is 3. The zero-order valence-electron chi connectivity index (χ0n) is 22.3. The first kappa shape index (κ1) is 26.4. The van der Waals surface area contributed by atoms with Crippen LogP contribution in [0.4, 0.5) is 11.7 Å². The topological polar surface area (TPSA) is 92.5 Å². The first-order valence-electron chi connectivity index (χ1n) is 13.5. The first-order chi connectivity index (χ1) is 19.1. The van der Waals surface area contributed by atoms with Crippen molar-refractivity contribution >= 4 is 52.4 Å². The van der Waals surface area contributed by atoms with Crippen molar-refractivity contribution in [2.45, 2.75) is 57.0 Å². The molecule has 200 valence electrons. The zero-order chi connectivity index (χ0) is 27.4. The molecule has 0 fully saturated rings. The van der Waals surface area contributed by atoms with E-state index in [4.69, 9.17) is 4.42 Å². The summed E-state index contributed by atoms with van der Waals surface area (Å²) in [6.45, 7) is 2.12. The van der Waals surface area contributed by atoms with Gasteiger partial charge in [0.25, 0.3) is 6.01 Å². The standard InChI is InChI=1S/C32H33N3O4/c1-3-21-12-15-30-28(17-21)34-32(39-30)33-24-9-4-7-22(18-24)26-13-14-29(35(2)25(20-38)10-6-16-36)31-23(19-37)8-5-11-27(26)31/h4-5,8-9,11-17,19-20,22,24-25H,3,6-7,10,18H2,1-2H3,(H,33,34). The molecule has 3 unspecified atom stereocenters. The number of likely N-dealkylation sites (N-methyl/N-ethyl adjacent to an activating group) is 1. The van der Waals surface area contributed by atoms with Crippen molar-refractivity contribution in [3.8, 4) is 0 Å². The second-order valence-corrected chi connectivity index (χ2v) is 10.1. The maximum atomic E-state index is 12.1. The van der Waals surface area contributed by atoms with E-state index in [1.165, 1.54) is 5.56 Å². The van der Waals surface area contributed by atoms with E-state index in [2.05, 4.69) is 47.6 Å². The van der Waals surface area contributed by atoms with Gasteiger partial charge in [-0.15, -0.1) is 0 Å². The van der Waals surface area contributed by atoms with Gasteiger partial charge in [-0.25, -0.2) is 0 Å². The first-order valence-corrected chi connectivity index (χ1v) is 13.5. The number of aryl methyl sites for hydroxylation is 1. The Morgan fingerprint density at radius 1 is 1.15 bits per heavy atom. The number of carbonyl (C=O) groups excluding carboxylic acids is 3. The molecule has 4 aromatic rings. The molecule has 0 radical (unpaired) electrons. The minimum Gasteiger partial charge on any atom is -0.424 e. The van der Waals surface area contributed by atoms with E-state index in [1.54, 1.807) is 6.07 Å². The molecular weight excluding hydrogens is 490 g/mol. The number of benzene rings is 3. The van der Waals surface area contributed by atoms with Crippen LogP contribution in [0.5, 0.6) is 0 Å². The fourth-order valence-electron chi connectivity index (χ4n) is 5.62. The highest BCUT2D eigenvalue weighted by atomic mass is 16.4. The summed E-state index contributed by atoms with van der Waals surface area (Å²) in [6, 6.07) is 16.0. The van der Waals surface area contributed by atoms with Crippen LogP contribution in [0, 0.1) is 0 Å². The van der Waals surface area contributed by atoms with E-state index < -0.39 is 6.04 Å². The number of oxazole rings is 1. The Balaban J connectivity index is 1.45. The molecular formula is C32H33N3O4. The molecule has 5 rings (SSSR count). The van der Waals surface area contributed by atoms with Gasteiger partial charge in [0, 0.05) is 36.1 Å². The molecule has 0 saturated carbocycles. The zero-order valence-corrected chi connectivity index (χ0v) is 22.3. The predicted octanol–water partition coefficient (Wildman–Crippen LogP) is 6.25. The fourth-order valence-corrected chi connectivity index (χ4v) is 5.62. The number of allylic oxidation sites excluding steroid dienone is 1. The van der Waals surface area contributed by atoms with E-state index in [1.807, 2.05) is 36.2 Å². The molecule has 0 bridgehead atoms. The van der Waals surface area contributed by atoms with Gasteiger partial charge in [-0.1, -0.05) is 49.4 Å². The fraction of sp³-hybridized carbons (Fsp3) is 0.312. The monoisotopic (exact) mass is 523 g/mol. The summed E-state index contributed by atoms with van der Waals surface area (Å²) in [7, 11) is 1.84. The van der Waals surface area contributed by atoms with Crippen molar-refractivity contribution in [1.82, 2.24) is 4.98 Å². The van der Waals surface area contributed by atoms with Crippen LogP contribution in [0.2, 0.25) is 0 Å². The van der Waals surface area contributed by atoms with Crippen molar-refractivity contribution in [2.24, 2.45) is 0 Å². The normalized spacial score (nSPS) is 17.7. The van der Waals surface area contributed by atoms with E-state index in [0.29, 0.717) is 24.4 Å². The van der Waals surface area contributed by atoms with Crippen molar-refractivity contribution < 1.29 is 18.8 Å². The Kier molecular flexibility index (Phi) is 7.87. The number of aromatic nitrogens is 1. The molecule has 0 saturated heterocycles. The number of hydrogen-bond acceptors (Lipinski definition) is 7. The highest BCUT2D eigenvalue weighted by molar-refractivity contribution is 6.07. The average Bonchev–Trinajstić information content (AvgIpc) is 3.37. The van der Waals surface area contributed by atoms with E-state index in [9.17, 15) is 14.4 Å². The Morgan fingerprint density at radius 3 is 2.79 bits per heavy atom. The summed E-state index contributed by atoms with van der Waals surface area (Å²) in [5, 5.41) is 5.28. The SMILES string of the molecule is CCc1ccc2oc(NC3C=CCC(c4ccc(N(C)C(C=O)CCC=O)c5c(C=O)cccc45)C3)nc2c1. The maximum absolute atomic E-state index is 12.1. The second-order valence-electron chi connectivity index (χ2n) is 10.1. The third-order valence-corrected chi connectivity index (χ3v) is 7.76. The van der Waals surface area contributed by atoms with Gasteiger partial charge in [-0.3, -0.25) is 4.79 Å². The lowest BCUT2D eigenvalue weighted by Crippen LogP contribution is -2.33. The summed E-state index contributed by atoms with van der Waals surface area (Å²) < 4.78 is 5.96. The molecule has 0 amide bonds. The molecule has 1 aliphatic carbocycles. The number of rotatable bonds is 11. The van der Waals surface area contributed by atoms with Gasteiger partial charge in [0.15, 0.2) is 11.9 Å². The maximum Gasteiger partial charge on any atom is 0.296 e. The predicted molar refractivity (Wildman–Crippen MR) is 155 cm³/mol. The lowest BCUT2D eigenvalue weighted by atomic mass is 9.82. The molecule has 1 N–H and O–H groups in total. The molecule has 7 heteroatoms. The van der Waals surface area contributed by atoms with Crippen LogP contribution in [0.25, 0.3) is 21.9 Å². The molecule has 7 nitrogen and oxygen atoms in total. The minimum atomic E-state index is -0.458. The highest BCUT2D eigenvalue weighted by Crippen LogP contribution is 2.40. The van der Waals surface area contributed by atoms with Crippen molar-refractivity contribution in [1.29, 1.82) is 0 Å². The lowest BCUT2D eigenvalue weighted by molar-refractivity contribution is -0.109. The summed E-state index contributed by atoms with van der Waals surface area (Å²) in [5.41, 5.74) is 5.37. The molecule has 1 aliphatic rings. The molecule has 39 heavy (non-hydrogen) atoms. The van der Waals surface area contributed by atoms with Crippen LogP contribution in [-0.4, -0.2) is 43.0 Å². The Labute approximate surface area is 227 Å². The van der Waals surface area contributed by atoms with E-state index in [-0.39, 0.29) is 12.0 Å². The number of nitrogens with one attached hydrogen (secondary N) is 1. The third-order valence-electron chi connectivity index (χ3n) is 7.76. The molecule has 3 atom stereocenters. The molecule has 1 heterocycles. The van der Waals surface area contributed by atoms with Crippen LogP contribution in [0.15, 0.2) is 65.1 Å². The quantitative estimate of drug-likeness (QED) is 0.183. The van der Waals surface area contributed by atoms with Gasteiger partial charge < -0.3 is 24.2 Å². The number of fused-ring (bicyclic) bond motifs is 2. The number of anilines is 2. The van der Waals surface area contributed by atoms with Gasteiger partial charge in [0.2, 0.25) is 0 Å². The largest absolute Gasteiger partial charge is 0.424 e. The summed E-state index contributed by atoms with van der Waals surface area (Å²) in [4.78, 5) is 41.4. The van der Waals surface area contributed by atoms with Crippen molar-refractivity contribution in [2.75, 3.05) is 17.3 Å². The average molecular weight is 524 g/mol. The Bertz CT molecular complexity index is 1540. The summed E-state index contributed by atoms with van der Waals surface area (Å²) >= 11 is 0. The number of nitrogens with zero attached hydrogens (tertiary/aromatic N) is 2. The summed E-state index contributed by atoms with van der Waals surface area (Å²) in [5.74, 6) is 0.212. The smallest absolute Gasteiger partial charge is 0.296 e. The minimum absolute atomic E-state index is 0.0388. The Morgan fingerprint density at radius 2 is 2.03 bits per heavy atom. The van der Waals surface area contributed by atoms with Crippen LogP contribution in [-0.2, 0) is 16.0 Å². The molecule has 3 aromatic carbocycles. The Hall–Kier alpha value is -4.26. The van der Waals surface area contributed by atoms with Crippen molar-refractivity contribution in [3.63, 3.8) is 0 Å². The van der Waals surface area contributed by atoms with Crippen molar-refractivity contribution in [3.05, 3.63) is 77.4 Å². The molecule has 1 aromatic heterocycles. The molecule has 0 aliphatic heterocycles. The van der Waals surface area contributed by atoms with Gasteiger partial charge >= 0.3 is 0 Å². The van der Waals surface area contributed by atoms with E-state index in [0.717, 1.165) is 71.2 Å². The highest BCUT2D eigenvalue weighted by Gasteiger charge is 2.25. The lowest BCUT2D eigenvalue weighted by Gasteiger charge is -2.30. The summed E-state index contributed by atoms with van der Waals surface area (Å²) in [6.07, 6.45) is 10.3. The number of hydrogen-bond donors (Lipinski definition) is 1. The van der Waals surface area contributed by atoms with Crippen LogP contribution in [0.3, 0.4) is 0 Å². The number of aldehydes is 3.